The number of fused-ring (bicyclic) bond motifs is 6. The summed E-state index contributed by atoms with van der Waals surface area (Å²) in [6.07, 6.45) is 0.883. The molecule has 0 saturated heterocycles. The number of hydrogen-bond acceptors (Lipinski definition) is 3. The van der Waals surface area contributed by atoms with Crippen LogP contribution in [0.2, 0.25) is 0 Å². The van der Waals surface area contributed by atoms with Crippen LogP contribution < -0.4 is 9.64 Å². The predicted molar refractivity (Wildman–Crippen MR) is 202 cm³/mol. The molecular weight excluding hydrogens is 603 g/mol. The van der Waals surface area contributed by atoms with Gasteiger partial charge in [-0.15, -0.1) is 0 Å². The average Bonchev–Trinajstić information content (AvgIpc) is 3.68. The molecule has 0 saturated carbocycles. The molecule has 0 aliphatic carbocycles. The Morgan fingerprint density at radius 2 is 0.939 bits per heavy atom. The molecule has 0 aliphatic rings. The number of methoxy groups -OCH3 is 1. The number of aldehydes is 1. The van der Waals surface area contributed by atoms with Crippen molar-refractivity contribution in [1.82, 2.24) is 9.13 Å². The molecule has 0 spiro atoms. The van der Waals surface area contributed by atoms with E-state index in [0.29, 0.717) is 5.56 Å². The van der Waals surface area contributed by atoms with Gasteiger partial charge in [0.05, 0.1) is 29.2 Å². The minimum atomic E-state index is 0.661. The Morgan fingerprint density at radius 1 is 0.469 bits per heavy atom. The van der Waals surface area contributed by atoms with Gasteiger partial charge in [0, 0.05) is 55.5 Å². The molecule has 49 heavy (non-hydrogen) atoms. The number of para-hydroxylation sites is 3. The number of nitrogens with zero attached hydrogens (tertiary/aromatic N) is 3. The molecule has 0 N–H and O–H groups in total. The van der Waals surface area contributed by atoms with Crippen molar-refractivity contribution in [2.45, 2.75) is 0 Å². The quantitative estimate of drug-likeness (QED) is 0.164. The van der Waals surface area contributed by atoms with Gasteiger partial charge < -0.3 is 18.8 Å². The summed E-state index contributed by atoms with van der Waals surface area (Å²) in [7, 11) is 1.69. The Bertz CT molecular complexity index is 2650. The Balaban J connectivity index is 1.25. The number of ether oxygens (including phenoxy) is 1. The number of hydrogen-bond donors (Lipinski definition) is 0. The van der Waals surface area contributed by atoms with Gasteiger partial charge in [-0.05, 0) is 109 Å². The molecule has 0 atom stereocenters. The highest BCUT2D eigenvalue weighted by molar-refractivity contribution is 6.12. The summed E-state index contributed by atoms with van der Waals surface area (Å²) in [5.74, 6) is 0.834. The summed E-state index contributed by atoms with van der Waals surface area (Å²) in [6, 6.07) is 57.1. The third-order valence-corrected chi connectivity index (χ3v) is 9.46. The maximum atomic E-state index is 11.4. The highest BCUT2D eigenvalue weighted by Gasteiger charge is 2.19. The molecule has 0 fully saturated rings. The van der Waals surface area contributed by atoms with Crippen molar-refractivity contribution >= 4 is 67.0 Å². The van der Waals surface area contributed by atoms with Gasteiger partial charge in [-0.3, -0.25) is 4.79 Å². The second-order valence-corrected chi connectivity index (χ2v) is 12.2. The van der Waals surface area contributed by atoms with Crippen LogP contribution in [0.15, 0.2) is 164 Å². The van der Waals surface area contributed by atoms with Crippen LogP contribution in [0.3, 0.4) is 0 Å². The predicted octanol–water partition coefficient (Wildman–Crippen LogP) is 11.2. The maximum Gasteiger partial charge on any atom is 0.150 e. The maximum absolute atomic E-state index is 11.4. The van der Waals surface area contributed by atoms with E-state index in [4.69, 9.17) is 4.74 Å². The summed E-state index contributed by atoms with van der Waals surface area (Å²) in [6.45, 7) is 0. The zero-order valence-electron chi connectivity index (χ0n) is 26.8. The van der Waals surface area contributed by atoms with Crippen LogP contribution in [-0.4, -0.2) is 22.5 Å². The van der Waals surface area contributed by atoms with E-state index in [1.165, 1.54) is 16.2 Å². The van der Waals surface area contributed by atoms with Crippen molar-refractivity contribution in [2.75, 3.05) is 12.0 Å². The Labute approximate surface area is 283 Å². The lowest BCUT2D eigenvalue weighted by atomic mass is 10.1. The van der Waals surface area contributed by atoms with E-state index in [1.54, 1.807) is 7.11 Å². The first kappa shape index (κ1) is 28.6. The van der Waals surface area contributed by atoms with E-state index in [-0.39, 0.29) is 0 Å². The topological polar surface area (TPSA) is 39.4 Å². The van der Waals surface area contributed by atoms with Gasteiger partial charge in [0.15, 0.2) is 0 Å². The number of carbonyl (C=O) groups excluding carboxylic acids is 1. The van der Waals surface area contributed by atoms with Crippen molar-refractivity contribution in [3.05, 3.63) is 169 Å². The number of rotatable bonds is 7. The highest BCUT2D eigenvalue weighted by Crippen LogP contribution is 2.42. The Hall–Kier alpha value is -6.59. The van der Waals surface area contributed by atoms with E-state index in [9.17, 15) is 4.79 Å². The zero-order chi connectivity index (χ0) is 32.9. The van der Waals surface area contributed by atoms with E-state index in [1.807, 2.05) is 36.4 Å². The third-order valence-electron chi connectivity index (χ3n) is 9.46. The number of aromatic nitrogens is 2. The molecule has 0 bridgehead atoms. The fourth-order valence-corrected chi connectivity index (χ4v) is 7.21. The zero-order valence-corrected chi connectivity index (χ0v) is 26.8. The fraction of sp³-hybridized carbons (Fsp3) is 0.0227. The van der Waals surface area contributed by atoms with Crippen LogP contribution in [0.5, 0.6) is 5.75 Å². The van der Waals surface area contributed by atoms with Gasteiger partial charge in [-0.2, -0.15) is 0 Å². The lowest BCUT2D eigenvalue weighted by Gasteiger charge is -2.26. The van der Waals surface area contributed by atoms with Crippen molar-refractivity contribution in [1.29, 1.82) is 0 Å². The summed E-state index contributed by atoms with van der Waals surface area (Å²) in [5.41, 5.74) is 10.5. The van der Waals surface area contributed by atoms with Gasteiger partial charge >= 0.3 is 0 Å². The molecule has 0 unspecified atom stereocenters. The van der Waals surface area contributed by atoms with Crippen LogP contribution in [0, 0.1) is 0 Å². The second kappa shape index (κ2) is 11.6. The van der Waals surface area contributed by atoms with Crippen LogP contribution in [0.4, 0.5) is 17.1 Å². The van der Waals surface area contributed by atoms with Gasteiger partial charge in [0.1, 0.15) is 12.0 Å². The summed E-state index contributed by atoms with van der Waals surface area (Å²) >= 11 is 0. The number of carbonyl (C=O) groups is 1. The third kappa shape index (κ3) is 4.67. The van der Waals surface area contributed by atoms with E-state index >= 15 is 0 Å². The van der Waals surface area contributed by atoms with Crippen LogP contribution in [0.25, 0.3) is 55.0 Å². The molecular formula is C44H31N3O2. The summed E-state index contributed by atoms with van der Waals surface area (Å²) in [4.78, 5) is 13.7. The highest BCUT2D eigenvalue weighted by atomic mass is 16.5. The minimum absolute atomic E-state index is 0.661. The van der Waals surface area contributed by atoms with Crippen molar-refractivity contribution in [3.8, 4) is 17.1 Å². The minimum Gasteiger partial charge on any atom is -0.497 e. The van der Waals surface area contributed by atoms with Crippen molar-refractivity contribution in [3.63, 3.8) is 0 Å². The van der Waals surface area contributed by atoms with Gasteiger partial charge in [0.2, 0.25) is 0 Å². The molecule has 9 aromatic rings. The van der Waals surface area contributed by atoms with Gasteiger partial charge in [0.25, 0.3) is 0 Å². The lowest BCUT2D eigenvalue weighted by molar-refractivity contribution is 0.112. The summed E-state index contributed by atoms with van der Waals surface area (Å²) < 4.78 is 10.0. The standard InChI is InChI=1S/C44H31N3O2/c1-49-36-23-19-33(20-24-36)47-42-14-8-6-12-38(42)40-28-35(22-26-44(40)47)45(31-9-3-2-4-10-31)34-21-25-43-39(27-34)37-11-5-7-13-41(37)46(43)32-17-15-30(29-48)16-18-32/h2-29H,1H3. The summed E-state index contributed by atoms with van der Waals surface area (Å²) in [5, 5.41) is 4.71. The second-order valence-electron chi connectivity index (χ2n) is 12.2. The first-order chi connectivity index (χ1) is 24.2. The number of anilines is 3. The molecule has 2 aromatic heterocycles. The normalized spacial score (nSPS) is 11.4. The van der Waals surface area contributed by atoms with Gasteiger partial charge in [-0.1, -0.05) is 54.6 Å². The monoisotopic (exact) mass is 633 g/mol. The first-order valence-electron chi connectivity index (χ1n) is 16.3. The van der Waals surface area contributed by atoms with Crippen LogP contribution >= 0.6 is 0 Å². The first-order valence-corrected chi connectivity index (χ1v) is 16.3. The van der Waals surface area contributed by atoms with Crippen LogP contribution in [-0.2, 0) is 0 Å². The Kier molecular flexibility index (Phi) is 6.76. The Morgan fingerprint density at radius 3 is 1.45 bits per heavy atom. The molecule has 5 heteroatoms. The van der Waals surface area contributed by atoms with Crippen molar-refractivity contribution < 1.29 is 9.53 Å². The molecule has 2 heterocycles. The number of benzene rings is 7. The average molecular weight is 634 g/mol. The van der Waals surface area contributed by atoms with Crippen molar-refractivity contribution in [2.24, 2.45) is 0 Å². The molecule has 9 rings (SSSR count). The lowest BCUT2D eigenvalue weighted by Crippen LogP contribution is -2.09. The SMILES string of the molecule is COc1ccc(-n2c3ccccc3c3cc(N(c4ccccc4)c4ccc5c(c4)c4ccccc4n5-c4ccc(C=O)cc4)ccc32)cc1. The van der Waals surface area contributed by atoms with E-state index in [2.05, 4.69) is 141 Å². The van der Waals surface area contributed by atoms with E-state index in [0.717, 1.165) is 67.9 Å². The molecule has 0 aliphatic heterocycles. The van der Waals surface area contributed by atoms with E-state index < -0.39 is 0 Å². The molecule has 5 nitrogen and oxygen atoms in total. The smallest absolute Gasteiger partial charge is 0.150 e. The largest absolute Gasteiger partial charge is 0.497 e. The molecule has 234 valence electrons. The van der Waals surface area contributed by atoms with Crippen LogP contribution in [0.1, 0.15) is 10.4 Å². The molecule has 7 aromatic carbocycles. The fourth-order valence-electron chi connectivity index (χ4n) is 7.21. The van der Waals surface area contributed by atoms with Gasteiger partial charge in [-0.25, -0.2) is 0 Å². The molecule has 0 radical (unpaired) electrons. The molecule has 0 amide bonds.